The molecule has 1 aliphatic heterocycles. The number of halogens is 4. The average molecular weight is 514 g/mol. The Balaban J connectivity index is 1.33. The van der Waals surface area contributed by atoms with Crippen LogP contribution in [0.1, 0.15) is 55.9 Å². The van der Waals surface area contributed by atoms with Gasteiger partial charge in [0, 0.05) is 39.0 Å². The second-order valence-electron chi connectivity index (χ2n) is 9.53. The van der Waals surface area contributed by atoms with E-state index in [1.54, 1.807) is 18.2 Å². The van der Waals surface area contributed by atoms with Crippen LogP contribution in [0.4, 0.5) is 17.6 Å². The predicted octanol–water partition coefficient (Wildman–Crippen LogP) is 5.65. The number of fused-ring (bicyclic) bond motifs is 1. The Hall–Kier alpha value is -2.20. The maximum absolute atomic E-state index is 14.1. The van der Waals surface area contributed by atoms with E-state index in [2.05, 4.69) is 5.32 Å². The lowest BCUT2D eigenvalue weighted by molar-refractivity contribution is -0.235. The molecule has 2 aromatic rings. The number of rotatable bonds is 14. The Morgan fingerprint density at radius 2 is 1.81 bits per heavy atom. The van der Waals surface area contributed by atoms with Crippen LogP contribution in [0.25, 0.3) is 0 Å². The molecule has 0 amide bonds. The minimum atomic E-state index is -4.25. The summed E-state index contributed by atoms with van der Waals surface area (Å²) < 4.78 is 72.5. The van der Waals surface area contributed by atoms with Crippen molar-refractivity contribution in [3.05, 3.63) is 65.2 Å². The SMILES string of the molecule is CC1(C)OCc2cc(C(O)CNCCCC(F)(F)C(F)(F)COCCCc3ccccc3)ccc2O1. The first-order chi connectivity index (χ1) is 17.0. The van der Waals surface area contributed by atoms with Crippen molar-refractivity contribution in [2.75, 3.05) is 26.3 Å². The lowest BCUT2D eigenvalue weighted by Gasteiger charge is -2.33. The van der Waals surface area contributed by atoms with Gasteiger partial charge in [-0.25, -0.2) is 0 Å². The van der Waals surface area contributed by atoms with E-state index in [0.29, 0.717) is 30.8 Å². The molecule has 0 saturated carbocycles. The number of nitrogens with one attached hydrogen (secondary N) is 1. The highest BCUT2D eigenvalue weighted by Crippen LogP contribution is 2.38. The van der Waals surface area contributed by atoms with Gasteiger partial charge in [-0.1, -0.05) is 36.4 Å². The van der Waals surface area contributed by atoms with Crippen molar-refractivity contribution in [2.24, 2.45) is 0 Å². The first kappa shape index (κ1) is 28.4. The number of ether oxygens (including phenoxy) is 3. The van der Waals surface area contributed by atoms with Crippen molar-refractivity contribution >= 4 is 0 Å². The molecule has 36 heavy (non-hydrogen) atoms. The lowest BCUT2D eigenvalue weighted by Crippen LogP contribution is -2.44. The fourth-order valence-electron chi connectivity index (χ4n) is 3.87. The lowest BCUT2D eigenvalue weighted by atomic mass is 10.0. The summed E-state index contributed by atoms with van der Waals surface area (Å²) in [6.45, 7) is 2.79. The maximum Gasteiger partial charge on any atom is 0.332 e. The molecule has 1 heterocycles. The van der Waals surface area contributed by atoms with E-state index in [1.165, 1.54) is 0 Å². The standard InChI is InChI=1S/C27H35F4NO4/c1-25(2)35-18-22-16-21(11-12-24(22)36-25)23(33)17-32-14-7-13-26(28,29)27(30,31)19-34-15-6-10-20-8-4-3-5-9-20/h3-5,8-9,11-12,16,23,32-33H,6-7,10,13-15,17-19H2,1-2H3. The van der Waals surface area contributed by atoms with Crippen molar-refractivity contribution in [3.8, 4) is 5.75 Å². The van der Waals surface area contributed by atoms with Crippen molar-refractivity contribution in [3.63, 3.8) is 0 Å². The molecule has 3 rings (SSSR count). The van der Waals surface area contributed by atoms with Crippen LogP contribution in [-0.2, 0) is 22.5 Å². The van der Waals surface area contributed by atoms with E-state index in [4.69, 9.17) is 14.2 Å². The zero-order valence-corrected chi connectivity index (χ0v) is 20.7. The molecule has 0 spiro atoms. The van der Waals surface area contributed by atoms with Crippen LogP contribution < -0.4 is 10.1 Å². The van der Waals surface area contributed by atoms with Gasteiger partial charge in [0.25, 0.3) is 0 Å². The molecule has 200 valence electrons. The molecule has 9 heteroatoms. The number of alkyl halides is 4. The molecule has 2 aromatic carbocycles. The summed E-state index contributed by atoms with van der Waals surface area (Å²) in [4.78, 5) is 0. The quantitative estimate of drug-likeness (QED) is 0.252. The van der Waals surface area contributed by atoms with Crippen LogP contribution in [0.2, 0.25) is 0 Å². The summed E-state index contributed by atoms with van der Waals surface area (Å²) in [5.74, 6) is -8.47. The fraction of sp³-hybridized carbons (Fsp3) is 0.556. The summed E-state index contributed by atoms with van der Waals surface area (Å²) in [6.07, 6.45) is -0.952. The van der Waals surface area contributed by atoms with E-state index in [-0.39, 0.29) is 26.1 Å². The van der Waals surface area contributed by atoms with E-state index in [1.807, 2.05) is 44.2 Å². The number of hydrogen-bond acceptors (Lipinski definition) is 5. The van der Waals surface area contributed by atoms with Gasteiger partial charge in [0.15, 0.2) is 0 Å². The number of aliphatic hydroxyl groups is 1. The maximum atomic E-state index is 14.1. The van der Waals surface area contributed by atoms with Crippen LogP contribution in [-0.4, -0.2) is 49.0 Å². The number of hydrogen-bond donors (Lipinski definition) is 2. The highest BCUT2D eigenvalue weighted by molar-refractivity contribution is 5.39. The molecular formula is C27H35F4NO4. The Bertz CT molecular complexity index is 956. The molecule has 2 N–H and O–H groups in total. The van der Waals surface area contributed by atoms with E-state index in [9.17, 15) is 22.7 Å². The molecule has 1 atom stereocenters. The predicted molar refractivity (Wildman–Crippen MR) is 128 cm³/mol. The Kier molecular flexibility index (Phi) is 9.74. The average Bonchev–Trinajstić information content (AvgIpc) is 2.83. The van der Waals surface area contributed by atoms with E-state index < -0.39 is 36.8 Å². The first-order valence-electron chi connectivity index (χ1n) is 12.2. The van der Waals surface area contributed by atoms with E-state index >= 15 is 0 Å². The Morgan fingerprint density at radius 3 is 2.56 bits per heavy atom. The third-order valence-corrected chi connectivity index (χ3v) is 6.00. The van der Waals surface area contributed by atoms with Gasteiger partial charge in [-0.2, -0.15) is 17.6 Å². The summed E-state index contributed by atoms with van der Waals surface area (Å²) in [6, 6.07) is 14.7. The van der Waals surface area contributed by atoms with Gasteiger partial charge in [0.2, 0.25) is 5.79 Å². The molecule has 0 bridgehead atoms. The van der Waals surface area contributed by atoms with Crippen LogP contribution in [0.3, 0.4) is 0 Å². The van der Waals surface area contributed by atoms with Crippen LogP contribution >= 0.6 is 0 Å². The second kappa shape index (κ2) is 12.4. The molecule has 0 radical (unpaired) electrons. The second-order valence-corrected chi connectivity index (χ2v) is 9.53. The molecule has 0 aliphatic carbocycles. The third-order valence-electron chi connectivity index (χ3n) is 6.00. The van der Waals surface area contributed by atoms with Crippen molar-refractivity contribution < 1.29 is 36.9 Å². The zero-order valence-electron chi connectivity index (χ0n) is 20.7. The summed E-state index contributed by atoms with van der Waals surface area (Å²) in [5.41, 5.74) is 2.46. The highest BCUT2D eigenvalue weighted by Gasteiger charge is 2.55. The molecule has 5 nitrogen and oxygen atoms in total. The third kappa shape index (κ3) is 8.16. The van der Waals surface area contributed by atoms with Crippen molar-refractivity contribution in [1.82, 2.24) is 5.32 Å². The summed E-state index contributed by atoms with van der Waals surface area (Å²) >= 11 is 0. The largest absolute Gasteiger partial charge is 0.463 e. The smallest absolute Gasteiger partial charge is 0.332 e. The van der Waals surface area contributed by atoms with Crippen LogP contribution in [0.15, 0.2) is 48.5 Å². The molecule has 1 aliphatic rings. The molecule has 0 saturated heterocycles. The van der Waals surface area contributed by atoms with Crippen LogP contribution in [0, 0.1) is 0 Å². The molecule has 0 fully saturated rings. The van der Waals surface area contributed by atoms with Gasteiger partial charge in [0.05, 0.1) is 12.7 Å². The summed E-state index contributed by atoms with van der Waals surface area (Å²) in [7, 11) is 0. The summed E-state index contributed by atoms with van der Waals surface area (Å²) in [5, 5.41) is 13.3. The topological polar surface area (TPSA) is 60.0 Å². The monoisotopic (exact) mass is 513 g/mol. The fourth-order valence-corrected chi connectivity index (χ4v) is 3.87. The van der Waals surface area contributed by atoms with Crippen molar-refractivity contribution in [1.29, 1.82) is 0 Å². The minimum absolute atomic E-state index is 0.0152. The number of aryl methyl sites for hydroxylation is 1. The van der Waals surface area contributed by atoms with E-state index in [0.717, 1.165) is 11.1 Å². The van der Waals surface area contributed by atoms with Crippen molar-refractivity contribution in [2.45, 2.75) is 69.9 Å². The van der Waals surface area contributed by atoms with Gasteiger partial charge in [-0.3, -0.25) is 0 Å². The van der Waals surface area contributed by atoms with Gasteiger partial charge < -0.3 is 24.6 Å². The van der Waals surface area contributed by atoms with Gasteiger partial charge >= 0.3 is 11.8 Å². The molecule has 1 unspecified atom stereocenters. The van der Waals surface area contributed by atoms with Gasteiger partial charge in [0.1, 0.15) is 12.4 Å². The van der Waals surface area contributed by atoms with Crippen LogP contribution in [0.5, 0.6) is 5.75 Å². The highest BCUT2D eigenvalue weighted by atomic mass is 19.3. The molecule has 0 aromatic heterocycles. The zero-order chi connectivity index (χ0) is 26.2. The Labute approximate surface area is 209 Å². The first-order valence-corrected chi connectivity index (χ1v) is 12.2. The van der Waals surface area contributed by atoms with Gasteiger partial charge in [-0.15, -0.1) is 0 Å². The Morgan fingerprint density at radius 1 is 1.06 bits per heavy atom. The normalized spacial score (nSPS) is 16.3. The van der Waals surface area contributed by atoms with Gasteiger partial charge in [-0.05, 0) is 49.1 Å². The number of aliphatic hydroxyl groups excluding tert-OH is 1. The number of benzene rings is 2. The minimum Gasteiger partial charge on any atom is -0.463 e. The molecular weight excluding hydrogens is 478 g/mol.